The molecule has 0 aliphatic carbocycles. The second-order valence-corrected chi connectivity index (χ2v) is 5.76. The SMILES string of the molecule is Cc1cccc(OCc2csc3cccc(C(=O)O)c23)c1. The standard InChI is InChI=1S/C17H14O3S/c1-11-4-2-5-13(8-11)20-9-12-10-21-15-7-3-6-14(16(12)15)17(18)19/h2-8,10H,9H2,1H3,(H,18,19). The Morgan fingerprint density at radius 1 is 1.24 bits per heavy atom. The van der Waals surface area contributed by atoms with Gasteiger partial charge < -0.3 is 9.84 Å². The average molecular weight is 298 g/mol. The van der Waals surface area contributed by atoms with Crippen LogP contribution in [0.1, 0.15) is 21.5 Å². The molecule has 4 heteroatoms. The van der Waals surface area contributed by atoms with Gasteiger partial charge in [-0.3, -0.25) is 0 Å². The van der Waals surface area contributed by atoms with Gasteiger partial charge in [0.15, 0.2) is 0 Å². The van der Waals surface area contributed by atoms with Gasteiger partial charge in [-0.05, 0) is 42.1 Å². The zero-order valence-electron chi connectivity index (χ0n) is 11.5. The molecule has 0 bridgehead atoms. The fraction of sp³-hybridized carbons (Fsp3) is 0.118. The Kier molecular flexibility index (Phi) is 3.62. The molecule has 0 aliphatic heterocycles. The number of fused-ring (bicyclic) bond motifs is 1. The van der Waals surface area contributed by atoms with Gasteiger partial charge in [0.2, 0.25) is 0 Å². The lowest BCUT2D eigenvalue weighted by molar-refractivity contribution is 0.0699. The van der Waals surface area contributed by atoms with Crippen LogP contribution in [0.15, 0.2) is 47.8 Å². The highest BCUT2D eigenvalue weighted by Gasteiger charge is 2.14. The number of hydrogen-bond acceptors (Lipinski definition) is 3. The van der Waals surface area contributed by atoms with Crippen LogP contribution in [0.2, 0.25) is 0 Å². The summed E-state index contributed by atoms with van der Waals surface area (Å²) in [7, 11) is 0. The molecule has 1 N–H and O–H groups in total. The lowest BCUT2D eigenvalue weighted by atomic mass is 10.1. The molecule has 0 radical (unpaired) electrons. The summed E-state index contributed by atoms with van der Waals surface area (Å²) in [5.74, 6) is -0.113. The van der Waals surface area contributed by atoms with Gasteiger partial charge >= 0.3 is 5.97 Å². The van der Waals surface area contributed by atoms with Crippen LogP contribution in [0.4, 0.5) is 0 Å². The largest absolute Gasteiger partial charge is 0.489 e. The highest BCUT2D eigenvalue weighted by atomic mass is 32.1. The van der Waals surface area contributed by atoms with Crippen molar-refractivity contribution in [2.45, 2.75) is 13.5 Å². The molecule has 0 atom stereocenters. The molecule has 0 saturated heterocycles. The minimum atomic E-state index is -0.907. The minimum Gasteiger partial charge on any atom is -0.489 e. The molecule has 3 nitrogen and oxygen atoms in total. The summed E-state index contributed by atoms with van der Waals surface area (Å²) >= 11 is 1.54. The Labute approximate surface area is 126 Å². The summed E-state index contributed by atoms with van der Waals surface area (Å²) in [5, 5.41) is 12.1. The first-order valence-corrected chi connectivity index (χ1v) is 7.45. The van der Waals surface area contributed by atoms with Crippen molar-refractivity contribution in [3.8, 4) is 5.75 Å². The summed E-state index contributed by atoms with van der Waals surface area (Å²) in [6.07, 6.45) is 0. The van der Waals surface area contributed by atoms with Gasteiger partial charge in [0.05, 0.1) is 5.56 Å². The van der Waals surface area contributed by atoms with Crippen LogP contribution >= 0.6 is 11.3 Å². The van der Waals surface area contributed by atoms with Crippen LogP contribution in [0.5, 0.6) is 5.75 Å². The third-order valence-electron chi connectivity index (χ3n) is 3.29. The number of thiophene rings is 1. The summed E-state index contributed by atoms with van der Waals surface area (Å²) in [4.78, 5) is 11.3. The van der Waals surface area contributed by atoms with Crippen molar-refractivity contribution >= 4 is 27.4 Å². The van der Waals surface area contributed by atoms with E-state index in [1.807, 2.05) is 42.6 Å². The van der Waals surface area contributed by atoms with E-state index in [1.165, 1.54) is 0 Å². The van der Waals surface area contributed by atoms with E-state index in [2.05, 4.69) is 0 Å². The van der Waals surface area contributed by atoms with Crippen LogP contribution in [0.3, 0.4) is 0 Å². The van der Waals surface area contributed by atoms with Gasteiger partial charge in [0, 0.05) is 15.6 Å². The molecule has 0 amide bonds. The number of aromatic carboxylic acids is 1. The second-order valence-electron chi connectivity index (χ2n) is 4.85. The summed E-state index contributed by atoms with van der Waals surface area (Å²) in [6.45, 7) is 2.38. The molecule has 21 heavy (non-hydrogen) atoms. The Hall–Kier alpha value is -2.33. The fourth-order valence-corrected chi connectivity index (χ4v) is 3.28. The molecule has 0 fully saturated rings. The third-order valence-corrected chi connectivity index (χ3v) is 4.29. The maximum atomic E-state index is 11.3. The number of carbonyl (C=O) groups is 1. The molecule has 2 aromatic carbocycles. The lowest BCUT2D eigenvalue weighted by Crippen LogP contribution is -2.00. The highest BCUT2D eigenvalue weighted by Crippen LogP contribution is 2.30. The minimum absolute atomic E-state index is 0.330. The molecule has 3 aromatic rings. The average Bonchev–Trinajstić information content (AvgIpc) is 2.88. The van der Waals surface area contributed by atoms with Crippen LogP contribution in [0.25, 0.3) is 10.1 Å². The molecule has 0 spiro atoms. The number of carboxylic acids is 1. The van der Waals surface area contributed by atoms with E-state index >= 15 is 0 Å². The monoisotopic (exact) mass is 298 g/mol. The van der Waals surface area contributed by atoms with E-state index in [0.717, 1.165) is 27.0 Å². The maximum absolute atomic E-state index is 11.3. The van der Waals surface area contributed by atoms with E-state index < -0.39 is 5.97 Å². The summed E-state index contributed by atoms with van der Waals surface area (Å²) < 4.78 is 6.76. The zero-order chi connectivity index (χ0) is 14.8. The normalized spacial score (nSPS) is 10.7. The van der Waals surface area contributed by atoms with Crippen LogP contribution in [0, 0.1) is 6.92 Å². The van der Waals surface area contributed by atoms with E-state index in [9.17, 15) is 9.90 Å². The van der Waals surface area contributed by atoms with Crippen molar-refractivity contribution in [3.05, 3.63) is 64.5 Å². The van der Waals surface area contributed by atoms with Gasteiger partial charge in [-0.25, -0.2) is 4.79 Å². The predicted octanol–water partition coefficient (Wildman–Crippen LogP) is 4.49. The highest BCUT2D eigenvalue weighted by molar-refractivity contribution is 7.17. The Balaban J connectivity index is 1.92. The van der Waals surface area contributed by atoms with Gasteiger partial charge in [0.25, 0.3) is 0 Å². The van der Waals surface area contributed by atoms with E-state index in [4.69, 9.17) is 4.74 Å². The number of rotatable bonds is 4. The van der Waals surface area contributed by atoms with Crippen LogP contribution < -0.4 is 4.74 Å². The van der Waals surface area contributed by atoms with Crippen molar-refractivity contribution in [2.24, 2.45) is 0 Å². The molecule has 0 aliphatic rings. The molecule has 1 aromatic heterocycles. The molecule has 1 heterocycles. The molecule has 3 rings (SSSR count). The fourth-order valence-electron chi connectivity index (χ4n) is 2.30. The Bertz CT molecular complexity index is 805. The first-order valence-electron chi connectivity index (χ1n) is 6.57. The first kappa shape index (κ1) is 13.6. The number of carboxylic acid groups (broad SMARTS) is 1. The third kappa shape index (κ3) is 2.76. The Morgan fingerprint density at radius 2 is 2.05 bits per heavy atom. The molecular formula is C17H14O3S. The smallest absolute Gasteiger partial charge is 0.336 e. The Morgan fingerprint density at radius 3 is 2.81 bits per heavy atom. The molecular weight excluding hydrogens is 284 g/mol. The van der Waals surface area contributed by atoms with Gasteiger partial charge in [-0.2, -0.15) is 0 Å². The zero-order valence-corrected chi connectivity index (χ0v) is 12.3. The topological polar surface area (TPSA) is 46.5 Å². The van der Waals surface area contributed by atoms with E-state index in [0.29, 0.717) is 12.2 Å². The first-order chi connectivity index (χ1) is 10.1. The molecule has 106 valence electrons. The van der Waals surface area contributed by atoms with Crippen molar-refractivity contribution in [2.75, 3.05) is 0 Å². The maximum Gasteiger partial charge on any atom is 0.336 e. The van der Waals surface area contributed by atoms with Crippen molar-refractivity contribution in [3.63, 3.8) is 0 Å². The quantitative estimate of drug-likeness (QED) is 0.772. The van der Waals surface area contributed by atoms with Gasteiger partial charge in [0.1, 0.15) is 12.4 Å². The summed E-state index contributed by atoms with van der Waals surface area (Å²) in [5.41, 5.74) is 2.38. The van der Waals surface area contributed by atoms with Gasteiger partial charge in [-0.1, -0.05) is 18.2 Å². The van der Waals surface area contributed by atoms with Crippen molar-refractivity contribution < 1.29 is 14.6 Å². The van der Waals surface area contributed by atoms with Crippen molar-refractivity contribution in [1.29, 1.82) is 0 Å². The van der Waals surface area contributed by atoms with Gasteiger partial charge in [-0.15, -0.1) is 11.3 Å². The predicted molar refractivity (Wildman–Crippen MR) is 84.3 cm³/mol. The van der Waals surface area contributed by atoms with Crippen LogP contribution in [-0.4, -0.2) is 11.1 Å². The van der Waals surface area contributed by atoms with E-state index in [-0.39, 0.29) is 0 Å². The summed E-state index contributed by atoms with van der Waals surface area (Å²) in [6, 6.07) is 13.2. The number of ether oxygens (including phenoxy) is 1. The number of benzene rings is 2. The lowest BCUT2D eigenvalue weighted by Gasteiger charge is -2.07. The molecule has 0 unspecified atom stereocenters. The van der Waals surface area contributed by atoms with E-state index in [1.54, 1.807) is 23.5 Å². The second kappa shape index (κ2) is 5.58. The van der Waals surface area contributed by atoms with Crippen molar-refractivity contribution in [1.82, 2.24) is 0 Å². The number of hydrogen-bond donors (Lipinski definition) is 1. The van der Waals surface area contributed by atoms with Crippen LogP contribution in [-0.2, 0) is 6.61 Å². The molecule has 0 saturated carbocycles. The number of aryl methyl sites for hydroxylation is 1.